The third-order valence-electron chi connectivity index (χ3n) is 5.31. The number of nitrogens with zero attached hydrogens (tertiary/aromatic N) is 1. The number of hydrogen-bond donors (Lipinski definition) is 2. The zero-order valence-corrected chi connectivity index (χ0v) is 14.7. The van der Waals surface area contributed by atoms with Crippen LogP contribution in [0.25, 0.3) is 0 Å². The van der Waals surface area contributed by atoms with Crippen molar-refractivity contribution in [3.8, 4) is 0 Å². The van der Waals surface area contributed by atoms with Gasteiger partial charge in [0.05, 0.1) is 0 Å². The topological polar surface area (TPSA) is 78.5 Å². The van der Waals surface area contributed by atoms with Crippen molar-refractivity contribution in [3.63, 3.8) is 0 Å². The molecule has 3 rings (SSSR count). The Morgan fingerprint density at radius 3 is 2.48 bits per heavy atom. The Morgan fingerprint density at radius 2 is 1.84 bits per heavy atom. The molecule has 2 aliphatic rings. The van der Waals surface area contributed by atoms with Gasteiger partial charge < -0.3 is 10.6 Å². The second kappa shape index (κ2) is 6.86. The SMILES string of the molecule is CC1CCC(NC(=O)CN2C(=O)NC(C)(c3ccccc3)C2=O)CC1. The van der Waals surface area contributed by atoms with Crippen LogP contribution in [0.1, 0.15) is 45.1 Å². The van der Waals surface area contributed by atoms with Crippen LogP contribution in [-0.2, 0) is 15.1 Å². The normalized spacial score (nSPS) is 29.4. The lowest BCUT2D eigenvalue weighted by Crippen LogP contribution is -2.46. The summed E-state index contributed by atoms with van der Waals surface area (Å²) >= 11 is 0. The minimum absolute atomic E-state index is 0.143. The first kappa shape index (κ1) is 17.5. The predicted molar refractivity (Wildman–Crippen MR) is 93.6 cm³/mol. The maximum atomic E-state index is 12.8. The third-order valence-corrected chi connectivity index (χ3v) is 5.31. The van der Waals surface area contributed by atoms with Gasteiger partial charge in [0.2, 0.25) is 5.91 Å². The monoisotopic (exact) mass is 343 g/mol. The molecule has 0 spiro atoms. The maximum Gasteiger partial charge on any atom is 0.325 e. The number of carbonyl (C=O) groups is 3. The minimum Gasteiger partial charge on any atom is -0.352 e. The summed E-state index contributed by atoms with van der Waals surface area (Å²) in [5.74, 6) is 0.0298. The van der Waals surface area contributed by atoms with E-state index in [0.717, 1.165) is 30.6 Å². The minimum atomic E-state index is -1.13. The highest BCUT2D eigenvalue weighted by Gasteiger charge is 2.49. The summed E-state index contributed by atoms with van der Waals surface area (Å²) in [5.41, 5.74) is -0.420. The van der Waals surface area contributed by atoms with Gasteiger partial charge in [0.25, 0.3) is 5.91 Å². The van der Waals surface area contributed by atoms with E-state index in [1.807, 2.05) is 18.2 Å². The van der Waals surface area contributed by atoms with Crippen LogP contribution < -0.4 is 10.6 Å². The fraction of sp³-hybridized carbons (Fsp3) is 0.526. The molecule has 25 heavy (non-hydrogen) atoms. The Morgan fingerprint density at radius 1 is 1.20 bits per heavy atom. The lowest BCUT2D eigenvalue weighted by Gasteiger charge is -2.27. The second-order valence-corrected chi connectivity index (χ2v) is 7.34. The van der Waals surface area contributed by atoms with Gasteiger partial charge in [0.15, 0.2) is 0 Å². The largest absolute Gasteiger partial charge is 0.352 e. The van der Waals surface area contributed by atoms with Gasteiger partial charge in [-0.3, -0.25) is 14.5 Å². The van der Waals surface area contributed by atoms with Gasteiger partial charge in [-0.15, -0.1) is 0 Å². The van der Waals surface area contributed by atoms with E-state index in [2.05, 4.69) is 17.6 Å². The zero-order valence-electron chi connectivity index (χ0n) is 14.7. The van der Waals surface area contributed by atoms with E-state index < -0.39 is 17.5 Å². The molecule has 1 aromatic carbocycles. The Labute approximate surface area is 148 Å². The molecule has 134 valence electrons. The van der Waals surface area contributed by atoms with Crippen molar-refractivity contribution in [1.29, 1.82) is 0 Å². The number of carbonyl (C=O) groups excluding carboxylic acids is 3. The van der Waals surface area contributed by atoms with E-state index in [9.17, 15) is 14.4 Å². The summed E-state index contributed by atoms with van der Waals surface area (Å²) in [6, 6.07) is 8.70. The highest BCUT2D eigenvalue weighted by atomic mass is 16.2. The van der Waals surface area contributed by atoms with E-state index in [-0.39, 0.29) is 18.5 Å². The first-order valence-corrected chi connectivity index (χ1v) is 8.89. The average Bonchev–Trinajstić information content (AvgIpc) is 2.82. The molecule has 1 unspecified atom stereocenters. The predicted octanol–water partition coefficient (Wildman–Crippen LogP) is 2.15. The third kappa shape index (κ3) is 3.52. The van der Waals surface area contributed by atoms with E-state index in [0.29, 0.717) is 11.5 Å². The molecule has 1 saturated carbocycles. The summed E-state index contributed by atoms with van der Waals surface area (Å²) in [6.07, 6.45) is 4.10. The van der Waals surface area contributed by atoms with E-state index in [1.54, 1.807) is 19.1 Å². The van der Waals surface area contributed by atoms with Gasteiger partial charge in [-0.25, -0.2) is 4.79 Å². The summed E-state index contributed by atoms with van der Waals surface area (Å²) < 4.78 is 0. The lowest BCUT2D eigenvalue weighted by molar-refractivity contribution is -0.135. The molecule has 4 amide bonds. The molecule has 0 bridgehead atoms. The number of benzene rings is 1. The summed E-state index contributed by atoms with van der Waals surface area (Å²) in [5, 5.41) is 5.68. The molecule has 1 aromatic rings. The van der Waals surface area contributed by atoms with Crippen molar-refractivity contribution in [2.75, 3.05) is 6.54 Å². The molecule has 2 N–H and O–H groups in total. The van der Waals surface area contributed by atoms with Gasteiger partial charge in [0.1, 0.15) is 12.1 Å². The summed E-state index contributed by atoms with van der Waals surface area (Å²) in [7, 11) is 0. The van der Waals surface area contributed by atoms with Crippen molar-refractivity contribution in [2.45, 2.75) is 51.1 Å². The van der Waals surface area contributed by atoms with Gasteiger partial charge >= 0.3 is 6.03 Å². The van der Waals surface area contributed by atoms with Crippen LogP contribution in [0.15, 0.2) is 30.3 Å². The number of hydrogen-bond acceptors (Lipinski definition) is 3. The molecule has 6 nitrogen and oxygen atoms in total. The molecule has 2 fully saturated rings. The molecule has 6 heteroatoms. The molecule has 1 atom stereocenters. The molecule has 1 saturated heterocycles. The fourth-order valence-corrected chi connectivity index (χ4v) is 3.63. The average molecular weight is 343 g/mol. The number of imide groups is 1. The Balaban J connectivity index is 1.64. The Bertz CT molecular complexity index is 668. The first-order chi connectivity index (χ1) is 11.9. The number of nitrogens with one attached hydrogen (secondary N) is 2. The van der Waals surface area contributed by atoms with Crippen molar-refractivity contribution >= 4 is 17.8 Å². The Kier molecular flexibility index (Phi) is 4.79. The lowest BCUT2D eigenvalue weighted by atomic mass is 9.87. The zero-order chi connectivity index (χ0) is 18.0. The fourth-order valence-electron chi connectivity index (χ4n) is 3.63. The van der Waals surface area contributed by atoms with E-state index in [1.165, 1.54) is 0 Å². The summed E-state index contributed by atoms with van der Waals surface area (Å²) in [6.45, 7) is 3.65. The molecular weight excluding hydrogens is 318 g/mol. The van der Waals surface area contributed by atoms with Crippen molar-refractivity contribution in [2.24, 2.45) is 5.92 Å². The van der Waals surface area contributed by atoms with Crippen molar-refractivity contribution in [1.82, 2.24) is 15.5 Å². The molecule has 1 heterocycles. The smallest absolute Gasteiger partial charge is 0.325 e. The molecular formula is C19H25N3O3. The number of rotatable bonds is 4. The van der Waals surface area contributed by atoms with E-state index in [4.69, 9.17) is 0 Å². The summed E-state index contributed by atoms with van der Waals surface area (Å²) in [4.78, 5) is 38.3. The maximum absolute atomic E-state index is 12.8. The molecule has 0 radical (unpaired) electrons. The first-order valence-electron chi connectivity index (χ1n) is 8.89. The van der Waals surface area contributed by atoms with E-state index >= 15 is 0 Å². The van der Waals surface area contributed by atoms with Crippen LogP contribution in [0.2, 0.25) is 0 Å². The van der Waals surface area contributed by atoms with Crippen LogP contribution in [0.5, 0.6) is 0 Å². The van der Waals surface area contributed by atoms with Crippen LogP contribution >= 0.6 is 0 Å². The van der Waals surface area contributed by atoms with Crippen LogP contribution in [0.4, 0.5) is 4.79 Å². The highest BCUT2D eigenvalue weighted by molar-refractivity contribution is 6.09. The standard InChI is InChI=1S/C19H25N3O3/c1-13-8-10-15(11-9-13)20-16(23)12-22-17(24)19(2,21-18(22)25)14-6-4-3-5-7-14/h3-7,13,15H,8-12H2,1-2H3,(H,20,23)(H,21,25). The van der Waals surface area contributed by atoms with Gasteiger partial charge in [-0.2, -0.15) is 0 Å². The molecule has 1 aliphatic carbocycles. The van der Waals surface area contributed by atoms with Gasteiger partial charge in [-0.1, -0.05) is 37.3 Å². The Hall–Kier alpha value is -2.37. The van der Waals surface area contributed by atoms with Crippen LogP contribution in [0, 0.1) is 5.92 Å². The van der Waals surface area contributed by atoms with Gasteiger partial charge in [0, 0.05) is 6.04 Å². The number of amides is 4. The molecule has 1 aliphatic heterocycles. The quantitative estimate of drug-likeness (QED) is 0.822. The van der Waals surface area contributed by atoms with Crippen LogP contribution in [0.3, 0.4) is 0 Å². The van der Waals surface area contributed by atoms with Crippen molar-refractivity contribution < 1.29 is 14.4 Å². The molecule has 0 aromatic heterocycles. The second-order valence-electron chi connectivity index (χ2n) is 7.34. The number of urea groups is 1. The van der Waals surface area contributed by atoms with Crippen LogP contribution in [-0.4, -0.2) is 35.3 Å². The van der Waals surface area contributed by atoms with Gasteiger partial charge in [-0.05, 0) is 44.1 Å². The van der Waals surface area contributed by atoms with Crippen molar-refractivity contribution in [3.05, 3.63) is 35.9 Å². The highest BCUT2D eigenvalue weighted by Crippen LogP contribution is 2.28.